The fourth-order valence-electron chi connectivity index (χ4n) is 6.22. The molecule has 0 amide bonds. The smallest absolute Gasteiger partial charge is 0.381 e. The number of nitrogen functional groups attached to an aromatic ring is 1. The molecule has 2 aliphatic heterocycles. The van der Waals surface area contributed by atoms with Crippen molar-refractivity contribution >= 4 is 22.7 Å². The minimum Gasteiger partial charge on any atom is -0.381 e. The number of hydrogen-bond donors (Lipinski definition) is 2. The number of halogens is 5. The minimum absolute atomic E-state index is 0.0233. The number of piperazine rings is 1. The Bertz CT molecular complexity index is 1360. The number of nitrogens with two attached hydrogens (primary N) is 1. The second-order valence-corrected chi connectivity index (χ2v) is 11.5. The van der Waals surface area contributed by atoms with Crippen LogP contribution in [0.3, 0.4) is 0 Å². The summed E-state index contributed by atoms with van der Waals surface area (Å²) in [4.78, 5) is 13.6. The van der Waals surface area contributed by atoms with E-state index in [1.807, 2.05) is 31.5 Å². The molecule has 3 aromatic rings. The van der Waals surface area contributed by atoms with E-state index < -0.39 is 17.7 Å². The van der Waals surface area contributed by atoms with Crippen LogP contribution >= 0.6 is 0 Å². The summed E-state index contributed by atoms with van der Waals surface area (Å²) in [5, 5.41) is 0. The average Bonchev–Trinajstić information content (AvgIpc) is 3.60. The molecule has 0 spiro atoms. The van der Waals surface area contributed by atoms with Gasteiger partial charge >= 0.3 is 6.18 Å². The first-order valence-corrected chi connectivity index (χ1v) is 14.3. The molecule has 2 atom stereocenters. The molecule has 2 aromatic heterocycles. The van der Waals surface area contributed by atoms with Crippen molar-refractivity contribution in [1.29, 1.82) is 0 Å². The number of pyridine rings is 1. The summed E-state index contributed by atoms with van der Waals surface area (Å²) in [6.07, 6.45) is -2.43. The molecule has 3 fully saturated rings. The van der Waals surface area contributed by atoms with Gasteiger partial charge in [0.1, 0.15) is 17.2 Å². The Kier molecular flexibility index (Phi) is 8.64. The zero-order valence-electron chi connectivity index (χ0n) is 24.1. The van der Waals surface area contributed by atoms with Crippen molar-refractivity contribution in [2.24, 2.45) is 18.8 Å². The largest absolute Gasteiger partial charge is 0.416 e. The van der Waals surface area contributed by atoms with Crippen molar-refractivity contribution in [3.63, 3.8) is 0 Å². The molecule has 1 saturated carbocycles. The Morgan fingerprint density at radius 1 is 1.07 bits per heavy atom. The van der Waals surface area contributed by atoms with E-state index in [9.17, 15) is 22.0 Å². The number of hydrogen-bond acceptors (Lipinski definition) is 7. The Morgan fingerprint density at radius 2 is 1.74 bits per heavy atom. The van der Waals surface area contributed by atoms with Crippen molar-refractivity contribution in [2.45, 2.75) is 63.7 Å². The third-order valence-electron chi connectivity index (χ3n) is 8.52. The maximum atomic E-state index is 13.9. The number of anilines is 2. The van der Waals surface area contributed by atoms with Crippen molar-refractivity contribution < 1.29 is 26.7 Å². The van der Waals surface area contributed by atoms with Crippen LogP contribution < -0.4 is 16.2 Å². The molecule has 8 nitrogen and oxygen atoms in total. The molecular weight excluding hydrogens is 557 g/mol. The SMILES string of the molecule is C1CCOC1.Cc1nc2c(N3CCN(C(c4ccc(C(F)(F)F)cc4)C4CC(F)(F)C4)CC3C)cc(NN)nc2n1C. The summed E-state index contributed by atoms with van der Waals surface area (Å²) in [6, 6.07) is 6.38. The van der Waals surface area contributed by atoms with Crippen molar-refractivity contribution in [2.75, 3.05) is 43.2 Å². The summed E-state index contributed by atoms with van der Waals surface area (Å²) < 4.78 is 73.9. The summed E-state index contributed by atoms with van der Waals surface area (Å²) in [6.45, 7) is 7.63. The zero-order chi connectivity index (χ0) is 30.2. The highest BCUT2D eigenvalue weighted by Gasteiger charge is 2.50. The van der Waals surface area contributed by atoms with E-state index in [4.69, 9.17) is 15.6 Å². The molecule has 1 aliphatic carbocycles. The van der Waals surface area contributed by atoms with Crippen molar-refractivity contribution in [3.05, 3.63) is 47.3 Å². The molecule has 230 valence electrons. The lowest BCUT2D eigenvalue weighted by atomic mass is 9.73. The van der Waals surface area contributed by atoms with Gasteiger partial charge in [0.2, 0.25) is 5.92 Å². The predicted molar refractivity (Wildman–Crippen MR) is 151 cm³/mol. The van der Waals surface area contributed by atoms with Crippen molar-refractivity contribution in [1.82, 2.24) is 19.4 Å². The molecular formula is C29H38F5N7O. The maximum Gasteiger partial charge on any atom is 0.416 e. The molecule has 13 heteroatoms. The fraction of sp³-hybridized carbons (Fsp3) is 0.586. The number of ether oxygens (including phenoxy) is 1. The van der Waals surface area contributed by atoms with E-state index in [0.29, 0.717) is 36.7 Å². The van der Waals surface area contributed by atoms with E-state index in [-0.39, 0.29) is 30.8 Å². The van der Waals surface area contributed by atoms with Gasteiger partial charge in [-0.2, -0.15) is 13.2 Å². The molecule has 4 heterocycles. The number of fused-ring (bicyclic) bond motifs is 1. The highest BCUT2D eigenvalue weighted by molar-refractivity contribution is 5.89. The summed E-state index contributed by atoms with van der Waals surface area (Å²) in [7, 11) is 1.88. The second kappa shape index (κ2) is 11.9. The predicted octanol–water partition coefficient (Wildman–Crippen LogP) is 5.68. The maximum absolute atomic E-state index is 13.9. The quantitative estimate of drug-likeness (QED) is 0.223. The van der Waals surface area contributed by atoms with Gasteiger partial charge in [-0.05, 0) is 50.3 Å². The normalized spacial score (nSPS) is 22.0. The highest BCUT2D eigenvalue weighted by atomic mass is 19.4. The number of rotatable bonds is 5. The van der Waals surface area contributed by atoms with E-state index in [0.717, 1.165) is 42.4 Å². The number of alkyl halides is 5. The Balaban J connectivity index is 0.000000639. The van der Waals surface area contributed by atoms with Gasteiger partial charge < -0.3 is 19.6 Å². The molecule has 2 unspecified atom stereocenters. The number of benzene rings is 1. The number of aromatic nitrogens is 3. The van der Waals surface area contributed by atoms with Gasteiger partial charge in [0.05, 0.1) is 11.3 Å². The van der Waals surface area contributed by atoms with E-state index in [1.54, 1.807) is 0 Å². The Labute approximate surface area is 242 Å². The molecule has 2 saturated heterocycles. The lowest BCUT2D eigenvalue weighted by molar-refractivity contribution is -0.137. The molecule has 3 aliphatic rings. The monoisotopic (exact) mass is 595 g/mol. The van der Waals surface area contributed by atoms with Gasteiger partial charge in [-0.25, -0.2) is 24.6 Å². The van der Waals surface area contributed by atoms with Crippen LogP contribution in [0.5, 0.6) is 0 Å². The van der Waals surface area contributed by atoms with Crippen LogP contribution in [0.2, 0.25) is 0 Å². The molecule has 3 N–H and O–H groups in total. The first kappa shape index (κ1) is 30.4. The third-order valence-corrected chi connectivity index (χ3v) is 8.52. The fourth-order valence-corrected chi connectivity index (χ4v) is 6.22. The highest BCUT2D eigenvalue weighted by Crippen LogP contribution is 2.51. The number of nitrogens with zero attached hydrogens (tertiary/aromatic N) is 5. The molecule has 1 aromatic carbocycles. The average molecular weight is 596 g/mol. The van der Waals surface area contributed by atoms with Crippen molar-refractivity contribution in [3.8, 4) is 0 Å². The van der Waals surface area contributed by atoms with Crippen LogP contribution in [0.25, 0.3) is 11.2 Å². The van der Waals surface area contributed by atoms with E-state index in [2.05, 4.69) is 20.2 Å². The third kappa shape index (κ3) is 6.32. The van der Waals surface area contributed by atoms with Crippen LogP contribution in [-0.2, 0) is 18.0 Å². The van der Waals surface area contributed by atoms with E-state index in [1.165, 1.54) is 25.0 Å². The van der Waals surface area contributed by atoms with Crippen LogP contribution in [0.4, 0.5) is 33.5 Å². The van der Waals surface area contributed by atoms with Gasteiger partial charge in [0.25, 0.3) is 0 Å². The molecule has 0 radical (unpaired) electrons. The van der Waals surface area contributed by atoms with Gasteiger partial charge in [-0.3, -0.25) is 4.90 Å². The number of imidazole rings is 1. The summed E-state index contributed by atoms with van der Waals surface area (Å²) >= 11 is 0. The summed E-state index contributed by atoms with van der Waals surface area (Å²) in [5.41, 5.74) is 4.81. The number of hydrazine groups is 1. The molecule has 0 bridgehead atoms. The Hall–Kier alpha value is -3.03. The summed E-state index contributed by atoms with van der Waals surface area (Å²) in [5.74, 6) is 3.92. The van der Waals surface area contributed by atoms with Gasteiger partial charge in [0, 0.05) is 70.9 Å². The van der Waals surface area contributed by atoms with Crippen LogP contribution in [0.1, 0.15) is 55.6 Å². The van der Waals surface area contributed by atoms with Gasteiger partial charge in [0.15, 0.2) is 5.65 Å². The Morgan fingerprint density at radius 3 is 2.26 bits per heavy atom. The first-order valence-electron chi connectivity index (χ1n) is 14.3. The minimum atomic E-state index is -4.45. The standard InChI is InChI=1S/C25H30F5N7.C4H8O/c1-14-13-36(8-9-37(14)19-10-20(34-31)33-23-21(19)32-15(2)35(23)3)22(17-11-24(26,27)12-17)16-4-6-18(7-5-16)25(28,29)30;1-2-4-5-3-1/h4-7,10,14,17,22H,8-9,11-13,31H2,1-3H3,(H,33,34);1-4H2. The van der Waals surface area contributed by atoms with Gasteiger partial charge in [-0.15, -0.1) is 0 Å². The second-order valence-electron chi connectivity index (χ2n) is 11.5. The molecule has 6 rings (SSSR count). The van der Waals surface area contributed by atoms with E-state index >= 15 is 0 Å². The van der Waals surface area contributed by atoms with Gasteiger partial charge in [-0.1, -0.05) is 12.1 Å². The lowest BCUT2D eigenvalue weighted by Crippen LogP contribution is -2.55. The number of nitrogens with one attached hydrogen (secondary N) is 1. The van der Waals surface area contributed by atoms with Crippen LogP contribution in [-0.4, -0.2) is 64.2 Å². The van der Waals surface area contributed by atoms with Crippen LogP contribution in [0, 0.1) is 12.8 Å². The number of aryl methyl sites for hydroxylation is 2. The zero-order valence-corrected chi connectivity index (χ0v) is 24.1. The topological polar surface area (TPSA) is 84.5 Å². The van der Waals surface area contributed by atoms with Crippen LogP contribution in [0.15, 0.2) is 30.3 Å². The molecule has 42 heavy (non-hydrogen) atoms. The first-order chi connectivity index (χ1) is 19.9. The lowest BCUT2D eigenvalue weighted by Gasteiger charge is -2.49.